The van der Waals surface area contributed by atoms with Crippen molar-refractivity contribution in [3.63, 3.8) is 0 Å². The topological polar surface area (TPSA) is 69.2 Å². The minimum atomic E-state index is 0. The molecular formula is C19H30IN5O2. The molecule has 1 aliphatic carbocycles. The van der Waals surface area contributed by atoms with Crippen LogP contribution in [0.25, 0.3) is 0 Å². The van der Waals surface area contributed by atoms with Crippen LogP contribution in [0.2, 0.25) is 0 Å². The summed E-state index contributed by atoms with van der Waals surface area (Å²) in [5, 5.41) is 6.29. The highest BCUT2D eigenvalue weighted by atomic mass is 127. The normalized spacial score (nSPS) is 17.2. The van der Waals surface area contributed by atoms with Crippen molar-refractivity contribution >= 4 is 41.5 Å². The maximum absolute atomic E-state index is 11.9. The van der Waals surface area contributed by atoms with E-state index in [1.54, 1.807) is 7.11 Å². The van der Waals surface area contributed by atoms with Crippen LogP contribution in [0.3, 0.4) is 0 Å². The molecule has 0 unspecified atom stereocenters. The highest BCUT2D eigenvalue weighted by Crippen LogP contribution is 2.22. The quantitative estimate of drug-likeness (QED) is 0.363. The van der Waals surface area contributed by atoms with Gasteiger partial charge in [-0.05, 0) is 31.9 Å². The molecule has 1 aromatic rings. The molecule has 0 aromatic heterocycles. The zero-order valence-corrected chi connectivity index (χ0v) is 18.4. The predicted octanol–water partition coefficient (Wildman–Crippen LogP) is 1.68. The van der Waals surface area contributed by atoms with Gasteiger partial charge in [0.15, 0.2) is 5.96 Å². The van der Waals surface area contributed by atoms with E-state index in [4.69, 9.17) is 4.74 Å². The minimum absolute atomic E-state index is 0. The van der Waals surface area contributed by atoms with Crippen LogP contribution < -0.4 is 20.3 Å². The molecule has 1 aliphatic heterocycles. The summed E-state index contributed by atoms with van der Waals surface area (Å²) in [7, 11) is 1.69. The largest absolute Gasteiger partial charge is 0.497 e. The van der Waals surface area contributed by atoms with Crippen LogP contribution in [0.15, 0.2) is 29.3 Å². The molecule has 0 radical (unpaired) electrons. The van der Waals surface area contributed by atoms with E-state index in [1.807, 2.05) is 19.1 Å². The van der Waals surface area contributed by atoms with Gasteiger partial charge in [-0.1, -0.05) is 6.07 Å². The standard InChI is InChI=1S/C19H29N5O2.HI/c1-3-20-19(21-14-18(25)22-15-7-8-15)24-11-9-23(10-12-24)16-5-4-6-17(13-16)26-2;/h4-6,13,15H,3,7-12,14H2,1-2H3,(H,20,21)(H,22,25);1H. The zero-order valence-electron chi connectivity index (χ0n) is 16.1. The summed E-state index contributed by atoms with van der Waals surface area (Å²) in [5.74, 6) is 1.71. The van der Waals surface area contributed by atoms with Crippen molar-refractivity contribution in [2.24, 2.45) is 4.99 Å². The van der Waals surface area contributed by atoms with Gasteiger partial charge >= 0.3 is 0 Å². The van der Waals surface area contributed by atoms with Crippen LogP contribution in [-0.4, -0.2) is 69.2 Å². The Balaban J connectivity index is 0.00000261. The number of piperazine rings is 1. The van der Waals surface area contributed by atoms with Crippen molar-refractivity contribution in [1.82, 2.24) is 15.5 Å². The summed E-state index contributed by atoms with van der Waals surface area (Å²) >= 11 is 0. The number of halogens is 1. The fourth-order valence-electron chi connectivity index (χ4n) is 3.06. The number of guanidine groups is 1. The van der Waals surface area contributed by atoms with Crippen molar-refractivity contribution in [2.45, 2.75) is 25.8 Å². The van der Waals surface area contributed by atoms with Gasteiger partial charge in [0.25, 0.3) is 0 Å². The molecule has 150 valence electrons. The summed E-state index contributed by atoms with van der Waals surface area (Å²) in [5.41, 5.74) is 1.18. The molecule has 8 heteroatoms. The molecule has 0 atom stereocenters. The summed E-state index contributed by atoms with van der Waals surface area (Å²) in [6.07, 6.45) is 2.20. The van der Waals surface area contributed by atoms with Gasteiger partial charge in [-0.15, -0.1) is 24.0 Å². The van der Waals surface area contributed by atoms with Crippen LogP contribution in [0, 0.1) is 0 Å². The highest BCUT2D eigenvalue weighted by molar-refractivity contribution is 14.0. The van der Waals surface area contributed by atoms with E-state index in [0.29, 0.717) is 6.04 Å². The number of nitrogens with zero attached hydrogens (tertiary/aromatic N) is 3. The van der Waals surface area contributed by atoms with Gasteiger partial charge in [0.2, 0.25) is 5.91 Å². The molecule has 0 spiro atoms. The number of amides is 1. The van der Waals surface area contributed by atoms with Crippen LogP contribution in [-0.2, 0) is 4.79 Å². The summed E-state index contributed by atoms with van der Waals surface area (Å²) in [6.45, 7) is 6.58. The van der Waals surface area contributed by atoms with Gasteiger partial charge in [0.1, 0.15) is 12.3 Å². The first-order valence-electron chi connectivity index (χ1n) is 9.41. The van der Waals surface area contributed by atoms with E-state index in [0.717, 1.165) is 57.3 Å². The molecule has 2 aliphatic rings. The molecule has 27 heavy (non-hydrogen) atoms. The first-order chi connectivity index (χ1) is 12.7. The molecule has 7 nitrogen and oxygen atoms in total. The number of carbonyl (C=O) groups is 1. The summed E-state index contributed by atoms with van der Waals surface area (Å²) < 4.78 is 5.32. The fraction of sp³-hybridized carbons (Fsp3) is 0.579. The highest BCUT2D eigenvalue weighted by Gasteiger charge is 2.24. The zero-order chi connectivity index (χ0) is 18.4. The molecule has 1 saturated heterocycles. The van der Waals surface area contributed by atoms with E-state index in [2.05, 4.69) is 37.6 Å². The summed E-state index contributed by atoms with van der Waals surface area (Å²) in [4.78, 5) is 21.0. The molecule has 2 fully saturated rings. The minimum Gasteiger partial charge on any atom is -0.497 e. The lowest BCUT2D eigenvalue weighted by molar-refractivity contribution is -0.119. The van der Waals surface area contributed by atoms with Crippen LogP contribution >= 0.6 is 24.0 Å². The number of anilines is 1. The average Bonchev–Trinajstić information content (AvgIpc) is 3.49. The second-order valence-electron chi connectivity index (χ2n) is 6.69. The molecule has 1 heterocycles. The summed E-state index contributed by atoms with van der Waals surface area (Å²) in [6, 6.07) is 8.54. The van der Waals surface area contributed by atoms with Crippen molar-refractivity contribution in [2.75, 3.05) is 51.3 Å². The van der Waals surface area contributed by atoms with Crippen LogP contribution in [0.4, 0.5) is 5.69 Å². The maximum atomic E-state index is 11.9. The van der Waals surface area contributed by atoms with E-state index in [9.17, 15) is 4.79 Å². The van der Waals surface area contributed by atoms with Gasteiger partial charge in [-0.2, -0.15) is 0 Å². The second kappa shape index (κ2) is 10.6. The molecule has 3 rings (SSSR count). The smallest absolute Gasteiger partial charge is 0.242 e. The number of nitrogens with one attached hydrogen (secondary N) is 2. The van der Waals surface area contributed by atoms with E-state index < -0.39 is 0 Å². The van der Waals surface area contributed by atoms with Crippen molar-refractivity contribution in [3.05, 3.63) is 24.3 Å². The SMILES string of the molecule is CCNC(=NCC(=O)NC1CC1)N1CCN(c2cccc(OC)c2)CC1.I. The van der Waals surface area contributed by atoms with E-state index in [1.165, 1.54) is 5.69 Å². The molecule has 2 N–H and O–H groups in total. The third-order valence-corrected chi connectivity index (χ3v) is 4.65. The second-order valence-corrected chi connectivity index (χ2v) is 6.69. The molecule has 1 saturated carbocycles. The predicted molar refractivity (Wildman–Crippen MR) is 119 cm³/mol. The Labute approximate surface area is 178 Å². The number of hydrogen-bond donors (Lipinski definition) is 2. The Hall–Kier alpha value is -1.71. The third-order valence-electron chi connectivity index (χ3n) is 4.65. The Morgan fingerprint density at radius 3 is 2.63 bits per heavy atom. The van der Waals surface area contributed by atoms with Crippen molar-refractivity contribution < 1.29 is 9.53 Å². The Bertz CT molecular complexity index is 643. The molecular weight excluding hydrogens is 457 g/mol. The number of hydrogen-bond acceptors (Lipinski definition) is 4. The maximum Gasteiger partial charge on any atom is 0.242 e. The number of ether oxygens (including phenoxy) is 1. The van der Waals surface area contributed by atoms with Crippen molar-refractivity contribution in [1.29, 1.82) is 0 Å². The van der Waals surface area contributed by atoms with Crippen LogP contribution in [0.1, 0.15) is 19.8 Å². The Morgan fingerprint density at radius 1 is 1.26 bits per heavy atom. The number of carbonyl (C=O) groups excluding carboxylic acids is 1. The first-order valence-corrected chi connectivity index (χ1v) is 9.41. The molecule has 1 amide bonds. The lowest BCUT2D eigenvalue weighted by atomic mass is 10.2. The van der Waals surface area contributed by atoms with Gasteiger partial charge in [-0.25, -0.2) is 4.99 Å². The van der Waals surface area contributed by atoms with Gasteiger partial charge in [-0.3, -0.25) is 4.79 Å². The fourth-order valence-corrected chi connectivity index (χ4v) is 3.06. The van der Waals surface area contributed by atoms with E-state index >= 15 is 0 Å². The monoisotopic (exact) mass is 487 g/mol. The Morgan fingerprint density at radius 2 is 2.00 bits per heavy atom. The first kappa shape index (κ1) is 21.6. The number of aliphatic imine (C=N–C) groups is 1. The molecule has 0 bridgehead atoms. The lowest BCUT2D eigenvalue weighted by Crippen LogP contribution is -2.52. The van der Waals surface area contributed by atoms with Crippen LogP contribution in [0.5, 0.6) is 5.75 Å². The number of rotatable bonds is 6. The third kappa shape index (κ3) is 6.44. The van der Waals surface area contributed by atoms with Gasteiger partial charge in [0.05, 0.1) is 7.11 Å². The number of benzene rings is 1. The molecule has 1 aromatic carbocycles. The average molecular weight is 487 g/mol. The lowest BCUT2D eigenvalue weighted by Gasteiger charge is -2.37. The van der Waals surface area contributed by atoms with Gasteiger partial charge in [0, 0.05) is 50.5 Å². The van der Waals surface area contributed by atoms with E-state index in [-0.39, 0.29) is 36.4 Å². The Kier molecular flexibility index (Phi) is 8.46. The van der Waals surface area contributed by atoms with Gasteiger partial charge < -0.3 is 25.2 Å². The number of methoxy groups -OCH3 is 1. The van der Waals surface area contributed by atoms with Crippen molar-refractivity contribution in [3.8, 4) is 5.75 Å².